The molecule has 0 aliphatic carbocycles. The third kappa shape index (κ3) is 4.17. The van der Waals surface area contributed by atoms with Crippen molar-refractivity contribution in [2.75, 3.05) is 18.4 Å². The summed E-state index contributed by atoms with van der Waals surface area (Å²) >= 11 is 0. The van der Waals surface area contributed by atoms with Gasteiger partial charge in [0.2, 0.25) is 21.8 Å². The van der Waals surface area contributed by atoms with Gasteiger partial charge in [-0.3, -0.25) is 15.2 Å². The molecule has 0 spiro atoms. The highest BCUT2D eigenvalue weighted by molar-refractivity contribution is 7.89. The van der Waals surface area contributed by atoms with Crippen LogP contribution in [0.3, 0.4) is 0 Å². The van der Waals surface area contributed by atoms with Gasteiger partial charge in [0.15, 0.2) is 0 Å². The number of sulfonamides is 1. The number of amides is 1. The minimum atomic E-state index is -4.73. The molecular formula is C16H18F3N5O3S. The minimum Gasteiger partial charge on any atom is -0.289 e. The lowest BCUT2D eigenvalue weighted by Gasteiger charge is -2.26. The van der Waals surface area contributed by atoms with Gasteiger partial charge >= 0.3 is 6.18 Å². The summed E-state index contributed by atoms with van der Waals surface area (Å²) in [5, 5.41) is 7.15. The highest BCUT2D eigenvalue weighted by Gasteiger charge is 2.35. The Hall–Kier alpha value is -2.47. The summed E-state index contributed by atoms with van der Waals surface area (Å²) in [6.07, 6.45) is -2.23. The number of alkyl halides is 3. The van der Waals surface area contributed by atoms with Gasteiger partial charge in [-0.25, -0.2) is 8.42 Å². The number of hydrogen-bond donors (Lipinski definition) is 2. The second kappa shape index (κ2) is 7.51. The quantitative estimate of drug-likeness (QED) is 0.795. The molecule has 1 fully saturated rings. The number of aromatic nitrogens is 3. The Balaban J connectivity index is 1.85. The van der Waals surface area contributed by atoms with E-state index in [2.05, 4.69) is 15.4 Å². The van der Waals surface area contributed by atoms with E-state index in [1.54, 1.807) is 12.0 Å². The second-order valence-corrected chi connectivity index (χ2v) is 8.34. The summed E-state index contributed by atoms with van der Waals surface area (Å²) in [6, 6.07) is 4.10. The van der Waals surface area contributed by atoms with Crippen molar-refractivity contribution >= 4 is 21.9 Å². The van der Waals surface area contributed by atoms with Crippen LogP contribution in [0, 0.1) is 6.92 Å². The molecule has 1 aromatic heterocycles. The fraction of sp³-hybridized carbons (Fsp3) is 0.438. The average Bonchev–Trinajstić information content (AvgIpc) is 3.11. The van der Waals surface area contributed by atoms with Crippen molar-refractivity contribution in [3.05, 3.63) is 35.2 Å². The summed E-state index contributed by atoms with van der Waals surface area (Å²) in [5.41, 5.74) is 0.470. The van der Waals surface area contributed by atoms with Crippen LogP contribution in [0.1, 0.15) is 41.0 Å². The molecule has 0 atom stereocenters. The first-order valence-electron chi connectivity index (χ1n) is 8.51. The second-order valence-electron chi connectivity index (χ2n) is 6.40. The number of nitrogens with zero attached hydrogens (tertiary/aromatic N) is 3. The van der Waals surface area contributed by atoms with Crippen LogP contribution < -0.4 is 5.32 Å². The molecule has 0 bridgehead atoms. The summed E-state index contributed by atoms with van der Waals surface area (Å²) in [7, 11) is -3.76. The molecule has 1 aliphatic heterocycles. The number of aryl methyl sites for hydroxylation is 1. The molecular weight excluding hydrogens is 399 g/mol. The summed E-state index contributed by atoms with van der Waals surface area (Å²) in [5.74, 6) is -2.71. The highest BCUT2D eigenvalue weighted by Crippen LogP contribution is 2.27. The zero-order valence-electron chi connectivity index (χ0n) is 14.9. The number of halogens is 3. The predicted octanol–water partition coefficient (Wildman–Crippen LogP) is 2.56. The monoisotopic (exact) mass is 417 g/mol. The van der Waals surface area contributed by atoms with Crippen LogP contribution in [0.2, 0.25) is 0 Å². The fourth-order valence-corrected chi connectivity index (χ4v) is 4.42. The fourth-order valence-electron chi connectivity index (χ4n) is 2.87. The van der Waals surface area contributed by atoms with Crippen LogP contribution in [0.4, 0.5) is 19.1 Å². The minimum absolute atomic E-state index is 0.0106. The van der Waals surface area contributed by atoms with E-state index in [0.29, 0.717) is 18.7 Å². The first kappa shape index (κ1) is 20.3. The first-order chi connectivity index (χ1) is 13.1. The number of H-pyrrole nitrogens is 1. The van der Waals surface area contributed by atoms with Crippen LogP contribution in [0.15, 0.2) is 23.1 Å². The van der Waals surface area contributed by atoms with Gasteiger partial charge in [-0.2, -0.15) is 22.5 Å². The predicted molar refractivity (Wildman–Crippen MR) is 93.1 cm³/mol. The molecule has 0 radical (unpaired) electrons. The number of nitrogens with one attached hydrogen (secondary N) is 2. The van der Waals surface area contributed by atoms with Crippen molar-refractivity contribution in [2.45, 2.75) is 37.3 Å². The van der Waals surface area contributed by atoms with Gasteiger partial charge in [0.25, 0.3) is 5.91 Å². The molecule has 12 heteroatoms. The molecule has 1 saturated heterocycles. The van der Waals surface area contributed by atoms with Crippen LogP contribution in [0.25, 0.3) is 0 Å². The Morgan fingerprint density at radius 3 is 2.50 bits per heavy atom. The van der Waals surface area contributed by atoms with Gasteiger partial charge in [-0.05, 0) is 37.5 Å². The third-order valence-electron chi connectivity index (χ3n) is 4.39. The van der Waals surface area contributed by atoms with Crippen LogP contribution >= 0.6 is 0 Å². The topological polar surface area (TPSA) is 108 Å². The molecule has 1 aromatic carbocycles. The first-order valence-corrected chi connectivity index (χ1v) is 9.95. The maximum absolute atomic E-state index is 12.8. The molecule has 28 heavy (non-hydrogen) atoms. The molecule has 0 unspecified atom stereocenters. The van der Waals surface area contributed by atoms with E-state index in [4.69, 9.17) is 0 Å². The van der Waals surface area contributed by atoms with Crippen molar-refractivity contribution < 1.29 is 26.4 Å². The molecule has 0 saturated carbocycles. The number of rotatable bonds is 4. The van der Waals surface area contributed by atoms with Crippen LogP contribution in [0.5, 0.6) is 0 Å². The van der Waals surface area contributed by atoms with Gasteiger partial charge in [-0.1, -0.05) is 12.5 Å². The lowest BCUT2D eigenvalue weighted by Crippen LogP contribution is -2.35. The lowest BCUT2D eigenvalue weighted by atomic mass is 10.1. The molecule has 2 aromatic rings. The number of anilines is 1. The Morgan fingerprint density at radius 2 is 1.89 bits per heavy atom. The standard InChI is InChI=1S/C16H18F3N5O3S/c1-10-5-6-11(28(26,27)24-7-3-2-4-8-24)9-12(10)13(25)20-15-21-14(22-23-15)16(17,18)19/h5-6,9H,2-4,7-8H2,1H3,(H2,20,21,22,23,25). The third-order valence-corrected chi connectivity index (χ3v) is 6.28. The zero-order valence-corrected chi connectivity index (χ0v) is 15.7. The summed E-state index contributed by atoms with van der Waals surface area (Å²) in [4.78, 5) is 15.6. The van der Waals surface area contributed by atoms with E-state index in [9.17, 15) is 26.4 Å². The van der Waals surface area contributed by atoms with Crippen molar-refractivity contribution in [3.8, 4) is 0 Å². The van der Waals surface area contributed by atoms with Gasteiger partial charge in [0, 0.05) is 18.7 Å². The van der Waals surface area contributed by atoms with Gasteiger partial charge in [0.1, 0.15) is 0 Å². The Labute approximate surface area is 159 Å². The number of piperidine rings is 1. The van der Waals surface area contributed by atoms with Gasteiger partial charge < -0.3 is 0 Å². The molecule has 1 aliphatic rings. The lowest BCUT2D eigenvalue weighted by molar-refractivity contribution is -0.144. The van der Waals surface area contributed by atoms with Crippen LogP contribution in [-0.2, 0) is 16.2 Å². The van der Waals surface area contributed by atoms with Crippen molar-refractivity contribution in [1.29, 1.82) is 0 Å². The van der Waals surface area contributed by atoms with E-state index >= 15 is 0 Å². The molecule has 1 amide bonds. The van der Waals surface area contributed by atoms with E-state index < -0.39 is 33.9 Å². The maximum Gasteiger partial charge on any atom is 0.451 e. The SMILES string of the molecule is Cc1ccc(S(=O)(=O)N2CCCCC2)cc1C(=O)Nc1n[nH]c(C(F)(F)F)n1. The Morgan fingerprint density at radius 1 is 1.21 bits per heavy atom. The summed E-state index contributed by atoms with van der Waals surface area (Å²) < 4.78 is 64.6. The smallest absolute Gasteiger partial charge is 0.289 e. The summed E-state index contributed by atoms with van der Waals surface area (Å²) in [6.45, 7) is 2.41. The number of carbonyl (C=O) groups excluding carboxylic acids is 1. The number of hydrogen-bond acceptors (Lipinski definition) is 5. The van der Waals surface area contributed by atoms with E-state index in [1.165, 1.54) is 22.5 Å². The normalized spacial score (nSPS) is 16.1. The Kier molecular flexibility index (Phi) is 5.44. The van der Waals surface area contributed by atoms with Crippen LogP contribution in [-0.4, -0.2) is 46.9 Å². The van der Waals surface area contributed by atoms with Crippen molar-refractivity contribution in [1.82, 2.24) is 19.5 Å². The van der Waals surface area contributed by atoms with Crippen molar-refractivity contribution in [2.24, 2.45) is 0 Å². The average molecular weight is 417 g/mol. The molecule has 3 rings (SSSR count). The highest BCUT2D eigenvalue weighted by atomic mass is 32.2. The molecule has 152 valence electrons. The molecule has 2 N–H and O–H groups in total. The van der Waals surface area contributed by atoms with E-state index in [0.717, 1.165) is 19.3 Å². The van der Waals surface area contributed by atoms with Gasteiger partial charge in [-0.15, -0.1) is 5.10 Å². The molecule has 2 heterocycles. The number of benzene rings is 1. The van der Waals surface area contributed by atoms with Gasteiger partial charge in [0.05, 0.1) is 4.90 Å². The van der Waals surface area contributed by atoms with Crippen molar-refractivity contribution in [3.63, 3.8) is 0 Å². The number of aromatic amines is 1. The van der Waals surface area contributed by atoms with E-state index in [-0.39, 0.29) is 10.5 Å². The molecule has 8 nitrogen and oxygen atoms in total. The Bertz CT molecular complexity index is 982. The van der Waals surface area contributed by atoms with E-state index in [1.807, 2.05) is 0 Å². The maximum atomic E-state index is 12.8. The zero-order chi connectivity index (χ0) is 20.5. The largest absolute Gasteiger partial charge is 0.451 e. The number of carbonyl (C=O) groups is 1.